The van der Waals surface area contributed by atoms with Gasteiger partial charge < -0.3 is 0 Å². The Morgan fingerprint density at radius 1 is 0.947 bits per heavy atom. The Morgan fingerprint density at radius 2 is 1.32 bits per heavy atom. The molecule has 1 atom stereocenters. The Kier molecular flexibility index (Phi) is 9.36. The second-order valence-corrected chi connectivity index (χ2v) is 12.6. The Balaban J connectivity index is 0. The van der Waals surface area contributed by atoms with Crippen LogP contribution in [-0.4, -0.2) is 20.8 Å². The molecule has 0 saturated carbocycles. The molecule has 0 aromatic rings. The number of rotatable bonds is 4. The molecule has 0 aliphatic carbocycles. The molecule has 19 heavy (non-hydrogen) atoms. The molecule has 0 spiro atoms. The van der Waals surface area contributed by atoms with E-state index in [1.165, 1.54) is 0 Å². The van der Waals surface area contributed by atoms with Crippen molar-refractivity contribution in [2.75, 3.05) is 0 Å². The van der Waals surface area contributed by atoms with Gasteiger partial charge in [-0.05, 0) is 23.7 Å². The largest absolute Gasteiger partial charge is 2.00 e. The van der Waals surface area contributed by atoms with E-state index < -0.39 is 0 Å². The third kappa shape index (κ3) is 6.61. The first kappa shape index (κ1) is 22.4. The molecule has 116 valence electrons. The third-order valence-corrected chi connectivity index (χ3v) is 8.29. The molecule has 0 nitrogen and oxygen atoms in total. The molecule has 0 heterocycles. The molecule has 0 aromatic carbocycles. The standard InChI is InChI=1S/C16H32ClP.Pd/c1-10-11-12-13(17)16(8,9)18(14(2,3)4)15(5,6)7;/h10-11,13H,12H2,1-9H3;/q;+2. The van der Waals surface area contributed by atoms with Gasteiger partial charge in [-0.25, -0.2) is 0 Å². The predicted molar refractivity (Wildman–Crippen MR) is 89.6 cm³/mol. The molecule has 0 amide bonds. The van der Waals surface area contributed by atoms with Gasteiger partial charge in [-0.1, -0.05) is 75.5 Å². The smallest absolute Gasteiger partial charge is 0.122 e. The van der Waals surface area contributed by atoms with E-state index in [1.807, 2.05) is 0 Å². The van der Waals surface area contributed by atoms with Gasteiger partial charge in [0.25, 0.3) is 0 Å². The SMILES string of the molecule is CC=CCC(Cl)C(C)(C)P(C(C)(C)C)C(C)(C)C.[Pd+2]. The topological polar surface area (TPSA) is 0 Å². The van der Waals surface area contributed by atoms with Crippen LogP contribution in [0.3, 0.4) is 0 Å². The summed E-state index contributed by atoms with van der Waals surface area (Å²) in [5.41, 5.74) is 0. The number of alkyl halides is 1. The van der Waals surface area contributed by atoms with Crippen molar-refractivity contribution in [3.63, 3.8) is 0 Å². The van der Waals surface area contributed by atoms with Gasteiger partial charge in [-0.2, -0.15) is 0 Å². The van der Waals surface area contributed by atoms with Crippen LogP contribution in [0.15, 0.2) is 12.2 Å². The van der Waals surface area contributed by atoms with Crippen molar-refractivity contribution in [1.82, 2.24) is 0 Å². The molecule has 0 aromatic heterocycles. The molecule has 0 bridgehead atoms. The van der Waals surface area contributed by atoms with Gasteiger partial charge in [-0.15, -0.1) is 11.6 Å². The molecule has 0 fully saturated rings. The maximum absolute atomic E-state index is 6.72. The van der Waals surface area contributed by atoms with E-state index in [4.69, 9.17) is 11.6 Å². The minimum Gasteiger partial charge on any atom is -0.122 e. The van der Waals surface area contributed by atoms with Crippen LogP contribution in [0.2, 0.25) is 0 Å². The van der Waals surface area contributed by atoms with E-state index in [0.29, 0.717) is 10.3 Å². The van der Waals surface area contributed by atoms with Crippen LogP contribution in [-0.2, 0) is 20.4 Å². The van der Waals surface area contributed by atoms with Crippen LogP contribution in [0, 0.1) is 0 Å². The van der Waals surface area contributed by atoms with Gasteiger partial charge in [0.1, 0.15) is 0 Å². The zero-order valence-corrected chi connectivity index (χ0v) is 17.3. The van der Waals surface area contributed by atoms with Crippen molar-refractivity contribution in [1.29, 1.82) is 0 Å². The summed E-state index contributed by atoms with van der Waals surface area (Å²) in [5.74, 6) is 0. The molecule has 3 heteroatoms. The molecule has 0 aliphatic rings. The summed E-state index contributed by atoms with van der Waals surface area (Å²) in [7, 11) is -0.208. The monoisotopic (exact) mass is 396 g/mol. The van der Waals surface area contributed by atoms with Gasteiger partial charge in [0.15, 0.2) is 0 Å². The summed E-state index contributed by atoms with van der Waals surface area (Å²) in [6.45, 7) is 21.0. The zero-order chi connectivity index (χ0) is 14.8. The van der Waals surface area contributed by atoms with Crippen LogP contribution >= 0.6 is 19.5 Å². The average molecular weight is 397 g/mol. The quantitative estimate of drug-likeness (QED) is 0.222. The molecular formula is C16H32ClPPd+2. The number of hydrogen-bond acceptors (Lipinski definition) is 0. The van der Waals surface area contributed by atoms with Crippen molar-refractivity contribution in [3.05, 3.63) is 12.2 Å². The average Bonchev–Trinajstić information content (AvgIpc) is 2.07. The summed E-state index contributed by atoms with van der Waals surface area (Å²) < 4.78 is 0. The van der Waals surface area contributed by atoms with Crippen molar-refractivity contribution in [2.45, 2.75) is 89.6 Å². The van der Waals surface area contributed by atoms with E-state index in [2.05, 4.69) is 74.5 Å². The predicted octanol–water partition coefficient (Wildman–Crippen LogP) is 6.42. The van der Waals surface area contributed by atoms with Crippen LogP contribution in [0.5, 0.6) is 0 Å². The molecule has 0 radical (unpaired) electrons. The molecular weight excluding hydrogens is 365 g/mol. The Hall–Kier alpha value is 1.12. The van der Waals surface area contributed by atoms with Gasteiger partial charge in [0.05, 0.1) is 0 Å². The molecule has 1 unspecified atom stereocenters. The third-order valence-electron chi connectivity index (χ3n) is 3.26. The Bertz CT molecular complexity index is 270. The van der Waals surface area contributed by atoms with Crippen LogP contribution < -0.4 is 0 Å². The fourth-order valence-electron chi connectivity index (χ4n) is 3.42. The molecule has 0 saturated heterocycles. The van der Waals surface area contributed by atoms with E-state index in [1.54, 1.807) is 0 Å². The second kappa shape index (κ2) is 7.94. The maximum atomic E-state index is 6.72. The minimum atomic E-state index is -0.208. The van der Waals surface area contributed by atoms with Gasteiger partial charge in [-0.3, -0.25) is 0 Å². The molecule has 0 N–H and O–H groups in total. The first-order valence-electron chi connectivity index (χ1n) is 6.90. The Morgan fingerprint density at radius 3 is 1.58 bits per heavy atom. The van der Waals surface area contributed by atoms with Crippen LogP contribution in [0.1, 0.15) is 68.7 Å². The number of allylic oxidation sites excluding steroid dienone is 2. The number of hydrogen-bond donors (Lipinski definition) is 0. The van der Waals surface area contributed by atoms with Gasteiger partial charge >= 0.3 is 20.4 Å². The first-order chi connectivity index (χ1) is 7.85. The van der Waals surface area contributed by atoms with Crippen molar-refractivity contribution >= 4 is 19.5 Å². The molecule has 0 rings (SSSR count). The fourth-order valence-corrected chi connectivity index (χ4v) is 9.67. The first-order valence-corrected chi connectivity index (χ1v) is 8.68. The minimum absolute atomic E-state index is 0. The molecule has 0 aliphatic heterocycles. The second-order valence-electron chi connectivity index (χ2n) is 7.60. The van der Waals surface area contributed by atoms with Crippen LogP contribution in [0.4, 0.5) is 0 Å². The summed E-state index contributed by atoms with van der Waals surface area (Å²) in [4.78, 5) is 0. The van der Waals surface area contributed by atoms with E-state index >= 15 is 0 Å². The normalized spacial score (nSPS) is 15.7. The summed E-state index contributed by atoms with van der Waals surface area (Å²) in [6.07, 6.45) is 5.26. The van der Waals surface area contributed by atoms with Crippen molar-refractivity contribution in [2.24, 2.45) is 0 Å². The van der Waals surface area contributed by atoms with E-state index in [-0.39, 0.29) is 38.9 Å². The van der Waals surface area contributed by atoms with E-state index in [9.17, 15) is 0 Å². The maximum Gasteiger partial charge on any atom is 2.00 e. The zero-order valence-electron chi connectivity index (χ0n) is 14.1. The van der Waals surface area contributed by atoms with E-state index in [0.717, 1.165) is 6.42 Å². The number of halogens is 1. The summed E-state index contributed by atoms with van der Waals surface area (Å²) >= 11 is 6.72. The fraction of sp³-hybridized carbons (Fsp3) is 0.875. The van der Waals surface area contributed by atoms with Crippen LogP contribution in [0.25, 0.3) is 0 Å². The summed E-state index contributed by atoms with van der Waals surface area (Å²) in [6, 6.07) is 0. The van der Waals surface area contributed by atoms with Crippen molar-refractivity contribution in [3.8, 4) is 0 Å². The summed E-state index contributed by atoms with van der Waals surface area (Å²) in [5, 5.41) is 1.02. The van der Waals surface area contributed by atoms with Crippen molar-refractivity contribution < 1.29 is 20.4 Å². The Labute approximate surface area is 141 Å². The van der Waals surface area contributed by atoms with Gasteiger partial charge in [0, 0.05) is 10.5 Å². The van der Waals surface area contributed by atoms with Gasteiger partial charge in [0.2, 0.25) is 0 Å².